The number of carbonyl (C=O) groups is 1. The van der Waals surface area contributed by atoms with Gasteiger partial charge in [-0.2, -0.15) is 0 Å². The smallest absolute Gasteiger partial charge is 0.303 e. The molecule has 3 heteroatoms. The molecule has 0 unspecified atom stereocenters. The summed E-state index contributed by atoms with van der Waals surface area (Å²) in [5.74, 6) is -0.742. The van der Waals surface area contributed by atoms with Crippen LogP contribution in [0.4, 0.5) is 0 Å². The van der Waals surface area contributed by atoms with Gasteiger partial charge in [0.2, 0.25) is 0 Å². The Morgan fingerprint density at radius 1 is 0.833 bits per heavy atom. The Labute approximate surface area is 118 Å². The van der Waals surface area contributed by atoms with Crippen LogP contribution in [0.15, 0.2) is 66.7 Å². The van der Waals surface area contributed by atoms with Crippen molar-refractivity contribution in [2.75, 3.05) is 0 Å². The first-order valence-corrected chi connectivity index (χ1v) is 5.55. The van der Waals surface area contributed by atoms with Crippen LogP contribution in [0.3, 0.4) is 0 Å². The summed E-state index contributed by atoms with van der Waals surface area (Å²) in [6.45, 7) is 0. The molecule has 2 aromatic rings. The van der Waals surface area contributed by atoms with E-state index in [-0.39, 0.29) is 23.5 Å². The van der Waals surface area contributed by atoms with Crippen LogP contribution in [-0.4, -0.2) is 11.1 Å². The number of aliphatic carboxylic acids is 1. The van der Waals surface area contributed by atoms with Gasteiger partial charge in [-0.3, -0.25) is 4.79 Å². The molecule has 0 heterocycles. The topological polar surface area (TPSA) is 37.3 Å². The van der Waals surface area contributed by atoms with E-state index in [0.717, 1.165) is 5.56 Å². The summed E-state index contributed by atoms with van der Waals surface area (Å²) in [4.78, 5) is 10.2. The molecule has 0 aliphatic rings. The fraction of sp³-hybridized carbons (Fsp3) is 0.133. The van der Waals surface area contributed by atoms with Crippen molar-refractivity contribution < 1.29 is 27.0 Å². The molecule has 1 radical (unpaired) electrons. The fourth-order valence-electron chi connectivity index (χ4n) is 1.28. The van der Waals surface area contributed by atoms with Crippen LogP contribution in [-0.2, 0) is 28.3 Å². The van der Waals surface area contributed by atoms with E-state index in [2.05, 4.69) is 0 Å². The number of benzene rings is 2. The van der Waals surface area contributed by atoms with Crippen molar-refractivity contribution in [1.82, 2.24) is 0 Å². The average molecular weight is 292 g/mol. The Morgan fingerprint density at radius 2 is 1.22 bits per heavy atom. The van der Waals surface area contributed by atoms with Crippen molar-refractivity contribution in [3.05, 3.63) is 72.3 Å². The van der Waals surface area contributed by atoms with Gasteiger partial charge in [0.1, 0.15) is 0 Å². The number of rotatable bonds is 3. The molecule has 0 fully saturated rings. The zero-order chi connectivity index (χ0) is 12.3. The predicted molar refractivity (Wildman–Crippen MR) is 68.8 cm³/mol. The van der Waals surface area contributed by atoms with E-state index in [0.29, 0.717) is 6.42 Å². The summed E-state index contributed by atoms with van der Waals surface area (Å²) < 4.78 is 0. The van der Waals surface area contributed by atoms with Gasteiger partial charge in [0.15, 0.2) is 0 Å². The minimum Gasteiger partial charge on any atom is -0.481 e. The number of hydrogen-bond donors (Lipinski definition) is 1. The SMILES string of the molecule is O=C(O)CCc1ccccc1.[Cu].c1ccccc1. The van der Waals surface area contributed by atoms with Gasteiger partial charge in [0.05, 0.1) is 0 Å². The van der Waals surface area contributed by atoms with E-state index in [4.69, 9.17) is 5.11 Å². The summed E-state index contributed by atoms with van der Waals surface area (Å²) >= 11 is 0. The molecule has 0 bridgehead atoms. The summed E-state index contributed by atoms with van der Waals surface area (Å²) in [6, 6.07) is 21.6. The third-order valence-corrected chi connectivity index (χ3v) is 2.14. The molecule has 0 saturated heterocycles. The number of hydrogen-bond acceptors (Lipinski definition) is 1. The van der Waals surface area contributed by atoms with Crippen LogP contribution in [0.2, 0.25) is 0 Å². The first-order chi connectivity index (χ1) is 8.29. The maximum Gasteiger partial charge on any atom is 0.303 e. The van der Waals surface area contributed by atoms with E-state index in [1.165, 1.54) is 0 Å². The van der Waals surface area contributed by atoms with Crippen molar-refractivity contribution >= 4 is 5.97 Å². The summed E-state index contributed by atoms with van der Waals surface area (Å²) in [5.41, 5.74) is 1.08. The standard InChI is InChI=1S/C9H10O2.C6H6.Cu/c10-9(11)7-6-8-4-2-1-3-5-8;1-2-4-6-5-3-1;/h1-5H,6-7H2,(H,10,11);1-6H;. The molecule has 0 aliphatic carbocycles. The van der Waals surface area contributed by atoms with Crippen LogP contribution >= 0.6 is 0 Å². The van der Waals surface area contributed by atoms with Gasteiger partial charge < -0.3 is 5.11 Å². The number of carboxylic acids is 1. The predicted octanol–water partition coefficient (Wildman–Crippen LogP) is 3.39. The molecular weight excluding hydrogens is 276 g/mol. The number of aryl methyl sites for hydroxylation is 1. The Kier molecular flexibility index (Phi) is 9.65. The van der Waals surface area contributed by atoms with E-state index in [9.17, 15) is 4.79 Å². The van der Waals surface area contributed by atoms with E-state index in [1.54, 1.807) is 0 Å². The van der Waals surface area contributed by atoms with Crippen LogP contribution in [0, 0.1) is 0 Å². The van der Waals surface area contributed by atoms with Gasteiger partial charge in [-0.1, -0.05) is 66.7 Å². The minimum absolute atomic E-state index is 0. The van der Waals surface area contributed by atoms with Gasteiger partial charge >= 0.3 is 5.97 Å². The maximum absolute atomic E-state index is 10.2. The number of carboxylic acid groups (broad SMARTS) is 1. The molecule has 0 atom stereocenters. The van der Waals surface area contributed by atoms with Crippen molar-refractivity contribution in [2.24, 2.45) is 0 Å². The van der Waals surface area contributed by atoms with Crippen molar-refractivity contribution in [1.29, 1.82) is 0 Å². The molecule has 99 valence electrons. The summed E-state index contributed by atoms with van der Waals surface area (Å²) in [7, 11) is 0. The van der Waals surface area contributed by atoms with Gasteiger partial charge in [0, 0.05) is 23.5 Å². The Balaban J connectivity index is 0.000000352. The quantitative estimate of drug-likeness (QED) is 0.880. The van der Waals surface area contributed by atoms with Crippen molar-refractivity contribution in [3.63, 3.8) is 0 Å². The Bertz CT molecular complexity index is 388. The van der Waals surface area contributed by atoms with Gasteiger partial charge in [-0.15, -0.1) is 0 Å². The molecular formula is C15H16CuO2. The van der Waals surface area contributed by atoms with E-state index in [1.807, 2.05) is 66.7 Å². The summed E-state index contributed by atoms with van der Waals surface area (Å²) in [5, 5.41) is 8.37. The second kappa shape index (κ2) is 10.6. The first-order valence-electron chi connectivity index (χ1n) is 5.55. The van der Waals surface area contributed by atoms with Gasteiger partial charge in [0.25, 0.3) is 0 Å². The Hall–Kier alpha value is -1.57. The molecule has 0 spiro atoms. The minimum atomic E-state index is -0.742. The van der Waals surface area contributed by atoms with Crippen LogP contribution < -0.4 is 0 Å². The fourth-order valence-corrected chi connectivity index (χ4v) is 1.28. The normalized spacial score (nSPS) is 8.44. The van der Waals surface area contributed by atoms with Crippen molar-refractivity contribution in [2.45, 2.75) is 12.8 Å². The third-order valence-electron chi connectivity index (χ3n) is 2.14. The van der Waals surface area contributed by atoms with E-state index < -0.39 is 5.97 Å². The molecule has 1 N–H and O–H groups in total. The molecule has 2 rings (SSSR count). The largest absolute Gasteiger partial charge is 0.481 e. The average Bonchev–Trinajstić information content (AvgIpc) is 2.40. The zero-order valence-electron chi connectivity index (χ0n) is 9.92. The second-order valence-corrected chi connectivity index (χ2v) is 3.53. The van der Waals surface area contributed by atoms with Crippen LogP contribution in [0.5, 0.6) is 0 Å². The van der Waals surface area contributed by atoms with Crippen molar-refractivity contribution in [3.8, 4) is 0 Å². The summed E-state index contributed by atoms with van der Waals surface area (Å²) in [6.07, 6.45) is 0.834. The van der Waals surface area contributed by atoms with E-state index >= 15 is 0 Å². The Morgan fingerprint density at radius 3 is 1.61 bits per heavy atom. The molecule has 18 heavy (non-hydrogen) atoms. The van der Waals surface area contributed by atoms with Gasteiger partial charge in [-0.05, 0) is 12.0 Å². The molecule has 0 amide bonds. The van der Waals surface area contributed by atoms with Gasteiger partial charge in [-0.25, -0.2) is 0 Å². The molecule has 2 aromatic carbocycles. The van der Waals surface area contributed by atoms with Crippen LogP contribution in [0.25, 0.3) is 0 Å². The molecule has 0 aliphatic heterocycles. The maximum atomic E-state index is 10.2. The molecule has 2 nitrogen and oxygen atoms in total. The van der Waals surface area contributed by atoms with Crippen LogP contribution in [0.1, 0.15) is 12.0 Å². The first kappa shape index (κ1) is 16.4. The molecule has 0 aromatic heterocycles. The third kappa shape index (κ3) is 8.57. The monoisotopic (exact) mass is 291 g/mol. The second-order valence-electron chi connectivity index (χ2n) is 3.53. The zero-order valence-corrected chi connectivity index (χ0v) is 10.9. The molecule has 0 saturated carbocycles.